The maximum Gasteiger partial charge on any atom is 0.377 e. The van der Waals surface area contributed by atoms with Crippen molar-refractivity contribution in [1.82, 2.24) is 5.32 Å². The Hall–Kier alpha value is -0.790. The number of rotatable bonds is 10. The second-order valence-corrected chi connectivity index (χ2v) is 4.45. The van der Waals surface area contributed by atoms with Crippen LogP contribution in [0.4, 0.5) is 8.78 Å². The third-order valence-corrected chi connectivity index (χ3v) is 2.75. The molecule has 1 aliphatic heterocycles. The van der Waals surface area contributed by atoms with Gasteiger partial charge in [0.05, 0.1) is 19.6 Å². The zero-order valence-electron chi connectivity index (χ0n) is 11.1. The predicted molar refractivity (Wildman–Crippen MR) is 64.2 cm³/mol. The molecule has 1 heterocycles. The number of ether oxygens (including phenoxy) is 3. The normalized spacial score (nSPS) is 21.6. The first-order chi connectivity index (χ1) is 9.06. The third kappa shape index (κ3) is 6.26. The number of unbranched alkanes of at least 4 members (excludes halogenated alkanes) is 1. The summed E-state index contributed by atoms with van der Waals surface area (Å²) in [6.07, 6.45) is 0.515. The lowest BCUT2D eigenvalue weighted by atomic mass is 10.2. The Labute approximate surface area is 111 Å². The monoisotopic (exact) mass is 281 g/mol. The van der Waals surface area contributed by atoms with Crippen LogP contribution in [0.25, 0.3) is 0 Å². The fourth-order valence-corrected chi connectivity index (χ4v) is 1.72. The Morgan fingerprint density at radius 2 is 2.16 bits per heavy atom. The molecule has 0 bridgehead atoms. The largest absolute Gasteiger partial charge is 0.456 e. The number of halogens is 2. The smallest absolute Gasteiger partial charge is 0.377 e. The Morgan fingerprint density at radius 1 is 1.37 bits per heavy atom. The summed E-state index contributed by atoms with van der Waals surface area (Å²) in [6, 6.07) is 0. The lowest BCUT2D eigenvalue weighted by Gasteiger charge is -2.09. The van der Waals surface area contributed by atoms with Gasteiger partial charge in [0.2, 0.25) is 0 Å². The SMILES string of the molecule is COCCOCCCCNCC1CC(F)(F)C(=O)O1. The van der Waals surface area contributed by atoms with E-state index in [1.54, 1.807) is 7.11 Å². The van der Waals surface area contributed by atoms with Crippen molar-refractivity contribution in [1.29, 1.82) is 0 Å². The molecular weight excluding hydrogens is 260 g/mol. The molecule has 1 aliphatic rings. The van der Waals surface area contributed by atoms with Crippen LogP contribution in [0.3, 0.4) is 0 Å². The standard InChI is InChI=1S/C12H21F2NO4/c1-17-6-7-18-5-3-2-4-15-9-10-8-12(13,14)11(16)19-10/h10,15H,2-9H2,1H3. The zero-order valence-corrected chi connectivity index (χ0v) is 11.1. The molecule has 0 radical (unpaired) electrons. The maximum absolute atomic E-state index is 12.8. The minimum atomic E-state index is -3.32. The number of cyclic esters (lactones) is 1. The third-order valence-electron chi connectivity index (χ3n) is 2.75. The fourth-order valence-electron chi connectivity index (χ4n) is 1.72. The molecule has 0 saturated carbocycles. The highest BCUT2D eigenvalue weighted by atomic mass is 19.3. The molecule has 19 heavy (non-hydrogen) atoms. The van der Waals surface area contributed by atoms with E-state index in [2.05, 4.69) is 10.1 Å². The van der Waals surface area contributed by atoms with E-state index in [-0.39, 0.29) is 6.54 Å². The first-order valence-corrected chi connectivity index (χ1v) is 6.42. The van der Waals surface area contributed by atoms with Crippen molar-refractivity contribution >= 4 is 5.97 Å². The lowest BCUT2D eigenvalue weighted by molar-refractivity contribution is -0.159. The molecule has 1 fully saturated rings. The number of hydrogen-bond acceptors (Lipinski definition) is 5. The zero-order chi connectivity index (χ0) is 14.1. The van der Waals surface area contributed by atoms with Crippen molar-refractivity contribution in [3.8, 4) is 0 Å². The number of esters is 1. The molecule has 0 spiro atoms. The lowest BCUT2D eigenvalue weighted by Crippen LogP contribution is -2.28. The van der Waals surface area contributed by atoms with Crippen molar-refractivity contribution in [2.75, 3.05) is 40.0 Å². The minimum Gasteiger partial charge on any atom is -0.456 e. The van der Waals surface area contributed by atoms with E-state index in [1.165, 1.54) is 0 Å². The van der Waals surface area contributed by atoms with E-state index in [4.69, 9.17) is 9.47 Å². The molecule has 1 saturated heterocycles. The topological polar surface area (TPSA) is 56.8 Å². The summed E-state index contributed by atoms with van der Waals surface area (Å²) >= 11 is 0. The molecule has 0 aromatic rings. The van der Waals surface area contributed by atoms with E-state index < -0.39 is 24.4 Å². The van der Waals surface area contributed by atoms with Gasteiger partial charge in [0, 0.05) is 20.3 Å². The first kappa shape index (κ1) is 16.3. The number of methoxy groups -OCH3 is 1. The summed E-state index contributed by atoms with van der Waals surface area (Å²) in [7, 11) is 1.62. The molecular formula is C12H21F2NO4. The second kappa shape index (κ2) is 8.39. The van der Waals surface area contributed by atoms with Crippen molar-refractivity contribution in [2.45, 2.75) is 31.3 Å². The van der Waals surface area contributed by atoms with Crippen LogP contribution >= 0.6 is 0 Å². The van der Waals surface area contributed by atoms with Gasteiger partial charge in [-0.1, -0.05) is 0 Å². The highest BCUT2D eigenvalue weighted by Crippen LogP contribution is 2.30. The molecule has 1 N–H and O–H groups in total. The van der Waals surface area contributed by atoms with Gasteiger partial charge in [0.25, 0.3) is 0 Å². The second-order valence-electron chi connectivity index (χ2n) is 4.45. The van der Waals surface area contributed by atoms with Gasteiger partial charge in [-0.15, -0.1) is 0 Å². The predicted octanol–water partition coefficient (Wildman–Crippen LogP) is 0.970. The van der Waals surface area contributed by atoms with Crippen molar-refractivity contribution in [3.63, 3.8) is 0 Å². The van der Waals surface area contributed by atoms with E-state index in [1.807, 2.05) is 0 Å². The van der Waals surface area contributed by atoms with Gasteiger partial charge in [-0.3, -0.25) is 0 Å². The summed E-state index contributed by atoms with van der Waals surface area (Å²) in [4.78, 5) is 10.7. The van der Waals surface area contributed by atoms with Crippen LogP contribution in [0.15, 0.2) is 0 Å². The average Bonchev–Trinajstić information content (AvgIpc) is 2.61. The highest BCUT2D eigenvalue weighted by Gasteiger charge is 2.50. The fraction of sp³-hybridized carbons (Fsp3) is 0.917. The van der Waals surface area contributed by atoms with E-state index >= 15 is 0 Å². The summed E-state index contributed by atoms with van der Waals surface area (Å²) in [5, 5.41) is 3.00. The van der Waals surface area contributed by atoms with Crippen molar-refractivity contribution in [3.05, 3.63) is 0 Å². The average molecular weight is 281 g/mol. The number of alkyl halides is 2. The summed E-state index contributed by atoms with van der Waals surface area (Å²) in [5.41, 5.74) is 0. The van der Waals surface area contributed by atoms with Gasteiger partial charge in [0.15, 0.2) is 0 Å². The van der Waals surface area contributed by atoms with Crippen LogP contribution < -0.4 is 5.32 Å². The van der Waals surface area contributed by atoms with Crippen molar-refractivity contribution < 1.29 is 27.8 Å². The number of carbonyl (C=O) groups excluding carboxylic acids is 1. The van der Waals surface area contributed by atoms with Crippen LogP contribution in [-0.4, -0.2) is 58.0 Å². The molecule has 0 aromatic heterocycles. The van der Waals surface area contributed by atoms with Gasteiger partial charge >= 0.3 is 11.9 Å². The molecule has 7 heteroatoms. The molecule has 5 nitrogen and oxygen atoms in total. The molecule has 0 aliphatic carbocycles. The maximum atomic E-state index is 12.8. The number of hydrogen-bond donors (Lipinski definition) is 1. The molecule has 0 aromatic carbocycles. The van der Waals surface area contributed by atoms with Crippen LogP contribution in [0.5, 0.6) is 0 Å². The summed E-state index contributed by atoms with van der Waals surface area (Å²) < 4.78 is 40.3. The number of carbonyl (C=O) groups is 1. The van der Waals surface area contributed by atoms with Crippen LogP contribution in [-0.2, 0) is 19.0 Å². The van der Waals surface area contributed by atoms with Crippen LogP contribution in [0.2, 0.25) is 0 Å². The minimum absolute atomic E-state index is 0.270. The Balaban J connectivity index is 1.91. The quantitative estimate of drug-likeness (QED) is 0.477. The van der Waals surface area contributed by atoms with Gasteiger partial charge in [-0.2, -0.15) is 8.78 Å². The highest BCUT2D eigenvalue weighted by molar-refractivity contribution is 5.79. The van der Waals surface area contributed by atoms with Crippen molar-refractivity contribution in [2.24, 2.45) is 0 Å². The van der Waals surface area contributed by atoms with E-state index in [0.29, 0.717) is 26.4 Å². The molecule has 112 valence electrons. The van der Waals surface area contributed by atoms with Gasteiger partial charge in [-0.05, 0) is 19.4 Å². The van der Waals surface area contributed by atoms with Crippen LogP contribution in [0.1, 0.15) is 19.3 Å². The molecule has 1 rings (SSSR count). The molecule has 1 unspecified atom stereocenters. The molecule has 0 amide bonds. The van der Waals surface area contributed by atoms with E-state index in [9.17, 15) is 13.6 Å². The Kier molecular flexibility index (Phi) is 7.19. The van der Waals surface area contributed by atoms with E-state index in [0.717, 1.165) is 12.8 Å². The first-order valence-electron chi connectivity index (χ1n) is 6.42. The number of nitrogens with one attached hydrogen (secondary N) is 1. The molecule has 1 atom stereocenters. The Bertz CT molecular complexity index is 276. The Morgan fingerprint density at radius 3 is 2.79 bits per heavy atom. The van der Waals surface area contributed by atoms with Gasteiger partial charge in [-0.25, -0.2) is 4.79 Å². The summed E-state index contributed by atoms with van der Waals surface area (Å²) in [5.74, 6) is -4.73. The summed E-state index contributed by atoms with van der Waals surface area (Å²) in [6.45, 7) is 2.77. The van der Waals surface area contributed by atoms with Crippen LogP contribution in [0, 0.1) is 0 Å². The van der Waals surface area contributed by atoms with Gasteiger partial charge in [0.1, 0.15) is 6.10 Å². The van der Waals surface area contributed by atoms with Gasteiger partial charge < -0.3 is 19.5 Å².